The number of hydrogen-bond donors (Lipinski definition) is 4. The molecule has 5 nitrogen and oxygen atoms in total. The fraction of sp³-hybridized carbons (Fsp3) is 0.133. The van der Waals surface area contributed by atoms with Crippen molar-refractivity contribution in [2.75, 3.05) is 5.32 Å². The lowest BCUT2D eigenvalue weighted by Gasteiger charge is -2.18. The third-order valence-electron chi connectivity index (χ3n) is 2.99. The van der Waals surface area contributed by atoms with Gasteiger partial charge in [-0.2, -0.15) is 0 Å². The molecule has 20 heavy (non-hydrogen) atoms. The Bertz CT molecular complexity index is 619. The van der Waals surface area contributed by atoms with Crippen LogP contribution in [0.1, 0.15) is 28.9 Å². The molecule has 0 saturated heterocycles. The van der Waals surface area contributed by atoms with Crippen LogP contribution in [0.25, 0.3) is 0 Å². The van der Waals surface area contributed by atoms with Crippen LogP contribution >= 0.6 is 0 Å². The molecule has 0 bridgehead atoms. The Hall–Kier alpha value is -2.69. The Kier molecular flexibility index (Phi) is 3.79. The van der Waals surface area contributed by atoms with Crippen molar-refractivity contribution < 1.29 is 20.1 Å². The van der Waals surface area contributed by atoms with Crippen LogP contribution < -0.4 is 5.32 Å². The molecule has 5 heteroatoms. The maximum absolute atomic E-state index is 10.9. The van der Waals surface area contributed by atoms with E-state index in [0.717, 1.165) is 0 Å². The number of carboxylic acid groups (broad SMARTS) is 1. The fourth-order valence-corrected chi connectivity index (χ4v) is 2.05. The highest BCUT2D eigenvalue weighted by molar-refractivity contribution is 5.88. The molecule has 0 fully saturated rings. The first-order chi connectivity index (χ1) is 9.49. The number of rotatable bonds is 4. The maximum Gasteiger partial charge on any atom is 0.335 e. The SMILES string of the molecule is CC(Nc1cccc(C(=O)O)c1)c1c(O)cccc1O. The summed E-state index contributed by atoms with van der Waals surface area (Å²) in [5.41, 5.74) is 1.14. The number of carboxylic acids is 1. The number of aromatic hydroxyl groups is 2. The van der Waals surface area contributed by atoms with E-state index in [-0.39, 0.29) is 23.1 Å². The van der Waals surface area contributed by atoms with Crippen molar-refractivity contribution in [1.29, 1.82) is 0 Å². The van der Waals surface area contributed by atoms with Crippen LogP contribution in [0.3, 0.4) is 0 Å². The average Bonchev–Trinajstić information content (AvgIpc) is 2.38. The van der Waals surface area contributed by atoms with E-state index in [4.69, 9.17) is 5.11 Å². The summed E-state index contributed by atoms with van der Waals surface area (Å²) in [5.74, 6) is -1.04. The zero-order valence-electron chi connectivity index (χ0n) is 10.9. The van der Waals surface area contributed by atoms with E-state index in [1.807, 2.05) is 0 Å². The Morgan fingerprint density at radius 3 is 2.30 bits per heavy atom. The molecule has 0 aliphatic rings. The molecule has 0 heterocycles. The molecule has 2 rings (SSSR count). The molecular formula is C15H15NO4. The van der Waals surface area contributed by atoms with E-state index in [0.29, 0.717) is 11.3 Å². The van der Waals surface area contributed by atoms with Gasteiger partial charge in [-0.05, 0) is 37.3 Å². The first-order valence-electron chi connectivity index (χ1n) is 6.10. The quantitative estimate of drug-likeness (QED) is 0.687. The minimum absolute atomic E-state index is 0.0145. The highest BCUT2D eigenvalue weighted by atomic mass is 16.4. The summed E-state index contributed by atoms with van der Waals surface area (Å²) in [6, 6.07) is 10.5. The third kappa shape index (κ3) is 2.83. The van der Waals surface area contributed by atoms with Crippen molar-refractivity contribution in [2.45, 2.75) is 13.0 Å². The Morgan fingerprint density at radius 2 is 1.70 bits per heavy atom. The average molecular weight is 273 g/mol. The van der Waals surface area contributed by atoms with E-state index >= 15 is 0 Å². The van der Waals surface area contributed by atoms with Gasteiger partial charge < -0.3 is 20.6 Å². The molecule has 0 saturated carbocycles. The predicted molar refractivity (Wildman–Crippen MR) is 75.2 cm³/mol. The summed E-state index contributed by atoms with van der Waals surface area (Å²) < 4.78 is 0. The lowest BCUT2D eigenvalue weighted by molar-refractivity contribution is 0.0697. The summed E-state index contributed by atoms with van der Waals surface area (Å²) in [7, 11) is 0. The van der Waals surface area contributed by atoms with Crippen molar-refractivity contribution in [3.8, 4) is 11.5 Å². The highest BCUT2D eigenvalue weighted by Crippen LogP contribution is 2.34. The van der Waals surface area contributed by atoms with Gasteiger partial charge in [-0.1, -0.05) is 12.1 Å². The molecule has 2 aromatic carbocycles. The molecule has 0 aliphatic carbocycles. The standard InChI is InChI=1S/C15H15NO4/c1-9(14-12(17)6-3-7-13(14)18)16-11-5-2-4-10(8-11)15(19)20/h2-9,16-18H,1H3,(H,19,20). The van der Waals surface area contributed by atoms with Crippen molar-refractivity contribution in [2.24, 2.45) is 0 Å². The van der Waals surface area contributed by atoms with E-state index in [9.17, 15) is 15.0 Å². The van der Waals surface area contributed by atoms with Crippen LogP contribution in [0.15, 0.2) is 42.5 Å². The van der Waals surface area contributed by atoms with Gasteiger partial charge >= 0.3 is 5.97 Å². The summed E-state index contributed by atoms with van der Waals surface area (Å²) in [6.07, 6.45) is 0. The Labute approximate surface area is 116 Å². The van der Waals surface area contributed by atoms with Gasteiger partial charge in [-0.15, -0.1) is 0 Å². The number of phenolic OH excluding ortho intramolecular Hbond substituents is 2. The van der Waals surface area contributed by atoms with Gasteiger partial charge in [-0.3, -0.25) is 0 Å². The molecule has 0 aliphatic heterocycles. The molecule has 0 aromatic heterocycles. The second kappa shape index (κ2) is 5.52. The van der Waals surface area contributed by atoms with Crippen molar-refractivity contribution in [3.05, 3.63) is 53.6 Å². The first-order valence-corrected chi connectivity index (χ1v) is 6.10. The summed E-state index contributed by atoms with van der Waals surface area (Å²) in [6.45, 7) is 1.77. The van der Waals surface area contributed by atoms with E-state index < -0.39 is 5.97 Å². The molecular weight excluding hydrogens is 258 g/mol. The zero-order valence-corrected chi connectivity index (χ0v) is 10.9. The molecule has 1 unspecified atom stereocenters. The molecule has 2 aromatic rings. The largest absolute Gasteiger partial charge is 0.507 e. The van der Waals surface area contributed by atoms with Crippen molar-refractivity contribution in [1.82, 2.24) is 0 Å². The topological polar surface area (TPSA) is 89.8 Å². The molecule has 104 valence electrons. The van der Waals surface area contributed by atoms with Gasteiger partial charge in [0, 0.05) is 5.69 Å². The number of phenols is 2. The van der Waals surface area contributed by atoms with Crippen LogP contribution in [-0.4, -0.2) is 21.3 Å². The van der Waals surface area contributed by atoms with Crippen LogP contribution in [0.4, 0.5) is 5.69 Å². The number of benzene rings is 2. The van der Waals surface area contributed by atoms with Gasteiger partial charge in [-0.25, -0.2) is 4.79 Å². The van der Waals surface area contributed by atoms with E-state index in [1.165, 1.54) is 24.3 Å². The number of nitrogens with one attached hydrogen (secondary N) is 1. The van der Waals surface area contributed by atoms with Crippen LogP contribution in [0, 0.1) is 0 Å². The number of carbonyl (C=O) groups is 1. The van der Waals surface area contributed by atoms with Crippen LogP contribution in [0.5, 0.6) is 11.5 Å². The smallest absolute Gasteiger partial charge is 0.335 e. The van der Waals surface area contributed by atoms with E-state index in [1.54, 1.807) is 25.1 Å². The second-order valence-corrected chi connectivity index (χ2v) is 4.46. The summed E-state index contributed by atoms with van der Waals surface area (Å²) >= 11 is 0. The summed E-state index contributed by atoms with van der Waals surface area (Å²) in [4.78, 5) is 10.9. The predicted octanol–water partition coefficient (Wildman–Crippen LogP) is 2.97. The van der Waals surface area contributed by atoms with Gasteiger partial charge in [0.1, 0.15) is 11.5 Å². The monoisotopic (exact) mass is 273 g/mol. The number of aromatic carboxylic acids is 1. The second-order valence-electron chi connectivity index (χ2n) is 4.46. The van der Waals surface area contributed by atoms with Crippen molar-refractivity contribution in [3.63, 3.8) is 0 Å². The van der Waals surface area contributed by atoms with Gasteiger partial charge in [0.25, 0.3) is 0 Å². The number of anilines is 1. The lowest BCUT2D eigenvalue weighted by atomic mass is 10.1. The molecule has 0 amide bonds. The van der Waals surface area contributed by atoms with Gasteiger partial charge in [0.05, 0.1) is 17.2 Å². The molecule has 0 spiro atoms. The maximum atomic E-state index is 10.9. The molecule has 4 N–H and O–H groups in total. The van der Waals surface area contributed by atoms with Crippen LogP contribution in [0.2, 0.25) is 0 Å². The molecule has 1 atom stereocenters. The highest BCUT2D eigenvalue weighted by Gasteiger charge is 2.15. The third-order valence-corrected chi connectivity index (χ3v) is 2.99. The first kappa shape index (κ1) is 13.7. The van der Waals surface area contributed by atoms with Gasteiger partial charge in [0.2, 0.25) is 0 Å². The lowest BCUT2D eigenvalue weighted by Crippen LogP contribution is -2.08. The minimum Gasteiger partial charge on any atom is -0.507 e. The van der Waals surface area contributed by atoms with Crippen LogP contribution in [-0.2, 0) is 0 Å². The zero-order chi connectivity index (χ0) is 14.7. The van der Waals surface area contributed by atoms with E-state index in [2.05, 4.69) is 5.32 Å². The fourth-order valence-electron chi connectivity index (χ4n) is 2.05. The van der Waals surface area contributed by atoms with Gasteiger partial charge in [0.15, 0.2) is 0 Å². The normalized spacial score (nSPS) is 11.8. The minimum atomic E-state index is -1.01. The number of hydrogen-bond acceptors (Lipinski definition) is 4. The van der Waals surface area contributed by atoms with Crippen molar-refractivity contribution >= 4 is 11.7 Å². The Balaban J connectivity index is 2.26. The summed E-state index contributed by atoms with van der Waals surface area (Å²) in [5, 5.41) is 31.6. The molecule has 0 radical (unpaired) electrons. The Morgan fingerprint density at radius 1 is 1.10 bits per heavy atom.